The van der Waals surface area contributed by atoms with Crippen LogP contribution in [0.4, 0.5) is 0 Å². The summed E-state index contributed by atoms with van der Waals surface area (Å²) in [7, 11) is 0. The van der Waals surface area contributed by atoms with E-state index in [4.69, 9.17) is 23.2 Å². The van der Waals surface area contributed by atoms with Crippen LogP contribution >= 0.6 is 39.1 Å². The van der Waals surface area contributed by atoms with Crippen LogP contribution in [0, 0.1) is 0 Å². The van der Waals surface area contributed by atoms with Crippen LogP contribution in [0.3, 0.4) is 0 Å². The van der Waals surface area contributed by atoms with E-state index in [-0.39, 0.29) is 0 Å². The fourth-order valence-corrected chi connectivity index (χ4v) is 2.53. The van der Waals surface area contributed by atoms with E-state index in [0.29, 0.717) is 11.8 Å². The van der Waals surface area contributed by atoms with Crippen molar-refractivity contribution < 1.29 is 0 Å². The zero-order chi connectivity index (χ0) is 10.0. The second-order valence-corrected chi connectivity index (χ2v) is 4.78. The van der Waals surface area contributed by atoms with Crippen molar-refractivity contribution in [2.45, 2.75) is 25.6 Å². The molecule has 0 nitrogen and oxygen atoms in total. The van der Waals surface area contributed by atoms with Crippen LogP contribution in [0.25, 0.3) is 0 Å². The number of benzene rings is 1. The molecule has 13 heavy (non-hydrogen) atoms. The first-order valence-corrected chi connectivity index (χ1v) is 5.80. The predicted molar refractivity (Wildman–Crippen MR) is 62.8 cm³/mol. The Balaban J connectivity index is 3.20. The highest BCUT2D eigenvalue weighted by Gasteiger charge is 2.08. The van der Waals surface area contributed by atoms with Crippen molar-refractivity contribution in [1.29, 1.82) is 0 Å². The van der Waals surface area contributed by atoms with Crippen LogP contribution in [0.15, 0.2) is 16.6 Å². The summed E-state index contributed by atoms with van der Waals surface area (Å²) >= 11 is 15.3. The Kier molecular flexibility index (Phi) is 4.08. The molecule has 1 rings (SSSR count). The Morgan fingerprint density at radius 3 is 2.46 bits per heavy atom. The van der Waals surface area contributed by atoms with Gasteiger partial charge < -0.3 is 0 Å². The average molecular weight is 282 g/mol. The fourth-order valence-electron chi connectivity index (χ4n) is 1.15. The summed E-state index contributed by atoms with van der Waals surface area (Å²) in [6, 6.07) is 3.97. The lowest BCUT2D eigenvalue weighted by atomic mass is 10.0. The van der Waals surface area contributed by atoms with Crippen molar-refractivity contribution >= 4 is 39.1 Å². The molecule has 72 valence electrons. The van der Waals surface area contributed by atoms with E-state index < -0.39 is 0 Å². The topological polar surface area (TPSA) is 0 Å². The molecule has 0 saturated heterocycles. The van der Waals surface area contributed by atoms with Crippen molar-refractivity contribution in [3.63, 3.8) is 0 Å². The number of halogens is 3. The summed E-state index contributed by atoms with van der Waals surface area (Å²) in [5, 5.41) is 0.752. The van der Waals surface area contributed by atoms with Gasteiger partial charge in [0, 0.05) is 15.4 Å². The van der Waals surface area contributed by atoms with Gasteiger partial charge >= 0.3 is 0 Å². The minimum atomic E-state index is 0.454. The fraction of sp³-hybridized carbons (Fsp3) is 0.400. The molecule has 1 aromatic rings. The van der Waals surface area contributed by atoms with Gasteiger partial charge in [0.1, 0.15) is 0 Å². The summed E-state index contributed by atoms with van der Waals surface area (Å²) in [6.45, 7) is 4.27. The summed E-state index contributed by atoms with van der Waals surface area (Å²) in [5.74, 6) is 0.923. The van der Waals surface area contributed by atoms with Gasteiger partial charge in [0.25, 0.3) is 0 Å². The van der Waals surface area contributed by atoms with Gasteiger partial charge in [0.15, 0.2) is 0 Å². The number of alkyl halides is 1. The molecule has 0 saturated carbocycles. The van der Waals surface area contributed by atoms with Gasteiger partial charge in [-0.05, 0) is 29.2 Å². The zero-order valence-electron chi connectivity index (χ0n) is 7.57. The van der Waals surface area contributed by atoms with Crippen molar-refractivity contribution in [1.82, 2.24) is 0 Å². The molecule has 0 aromatic heterocycles. The molecule has 0 amide bonds. The van der Waals surface area contributed by atoms with Crippen LogP contribution in [0.2, 0.25) is 5.02 Å². The van der Waals surface area contributed by atoms with Crippen LogP contribution in [-0.2, 0) is 5.88 Å². The average Bonchev–Trinajstić information content (AvgIpc) is 2.07. The predicted octanol–water partition coefficient (Wildman–Crippen LogP) is 4.96. The molecule has 0 aliphatic heterocycles. The van der Waals surface area contributed by atoms with Crippen LogP contribution in [0.1, 0.15) is 30.9 Å². The highest BCUT2D eigenvalue weighted by molar-refractivity contribution is 9.10. The minimum Gasteiger partial charge on any atom is -0.121 e. The molecule has 0 fully saturated rings. The monoisotopic (exact) mass is 280 g/mol. The van der Waals surface area contributed by atoms with E-state index in [1.165, 1.54) is 5.56 Å². The Bertz CT molecular complexity index is 308. The third-order valence-corrected chi connectivity index (χ3v) is 3.26. The molecule has 0 spiro atoms. The normalized spacial score (nSPS) is 10.9. The highest BCUT2D eigenvalue weighted by atomic mass is 79.9. The number of hydrogen-bond acceptors (Lipinski definition) is 0. The van der Waals surface area contributed by atoms with Gasteiger partial charge in [-0.1, -0.05) is 41.4 Å². The van der Waals surface area contributed by atoms with Crippen molar-refractivity contribution in [3.05, 3.63) is 32.8 Å². The lowest BCUT2D eigenvalue weighted by Crippen LogP contribution is -1.91. The first-order chi connectivity index (χ1) is 6.06. The van der Waals surface area contributed by atoms with E-state index in [9.17, 15) is 0 Å². The van der Waals surface area contributed by atoms with E-state index in [1.54, 1.807) is 0 Å². The Morgan fingerprint density at radius 1 is 1.38 bits per heavy atom. The SMILES string of the molecule is CC(C)c1cc(Cl)c(CCl)cc1Br. The molecule has 0 bridgehead atoms. The summed E-state index contributed by atoms with van der Waals surface area (Å²) in [4.78, 5) is 0. The van der Waals surface area contributed by atoms with Gasteiger partial charge in [-0.15, -0.1) is 11.6 Å². The Hall–Kier alpha value is 0.280. The number of hydrogen-bond donors (Lipinski definition) is 0. The lowest BCUT2D eigenvalue weighted by molar-refractivity contribution is 0.860. The maximum atomic E-state index is 6.04. The molecule has 0 radical (unpaired) electrons. The minimum absolute atomic E-state index is 0.454. The first kappa shape index (κ1) is 11.4. The number of rotatable bonds is 2. The van der Waals surface area contributed by atoms with E-state index in [2.05, 4.69) is 29.8 Å². The first-order valence-electron chi connectivity index (χ1n) is 4.10. The maximum absolute atomic E-state index is 6.04. The largest absolute Gasteiger partial charge is 0.121 e. The Labute approximate surface area is 97.4 Å². The van der Waals surface area contributed by atoms with Gasteiger partial charge in [0.05, 0.1) is 0 Å². The van der Waals surface area contributed by atoms with E-state index in [0.717, 1.165) is 15.1 Å². The zero-order valence-corrected chi connectivity index (χ0v) is 10.7. The maximum Gasteiger partial charge on any atom is 0.0489 e. The molecular formula is C10H11BrCl2. The van der Waals surface area contributed by atoms with E-state index in [1.807, 2.05) is 12.1 Å². The molecule has 0 atom stereocenters. The van der Waals surface area contributed by atoms with Gasteiger partial charge in [-0.3, -0.25) is 0 Å². The smallest absolute Gasteiger partial charge is 0.0489 e. The highest BCUT2D eigenvalue weighted by Crippen LogP contribution is 2.31. The van der Waals surface area contributed by atoms with Crippen molar-refractivity contribution in [2.24, 2.45) is 0 Å². The molecular weight excluding hydrogens is 271 g/mol. The molecule has 0 N–H and O–H groups in total. The van der Waals surface area contributed by atoms with Crippen LogP contribution in [-0.4, -0.2) is 0 Å². The quantitative estimate of drug-likeness (QED) is 0.672. The van der Waals surface area contributed by atoms with Gasteiger partial charge in [-0.2, -0.15) is 0 Å². The van der Waals surface area contributed by atoms with Crippen LogP contribution < -0.4 is 0 Å². The molecule has 0 aliphatic carbocycles. The molecule has 1 aromatic carbocycles. The van der Waals surface area contributed by atoms with Crippen molar-refractivity contribution in [3.8, 4) is 0 Å². The van der Waals surface area contributed by atoms with Gasteiger partial charge in [-0.25, -0.2) is 0 Å². The summed E-state index contributed by atoms with van der Waals surface area (Å²) < 4.78 is 1.09. The third kappa shape index (κ3) is 2.61. The van der Waals surface area contributed by atoms with Gasteiger partial charge in [0.2, 0.25) is 0 Å². The molecule has 0 aliphatic rings. The third-order valence-electron chi connectivity index (χ3n) is 1.93. The molecule has 0 unspecified atom stereocenters. The van der Waals surface area contributed by atoms with E-state index >= 15 is 0 Å². The summed E-state index contributed by atoms with van der Waals surface area (Å²) in [6.07, 6.45) is 0. The van der Waals surface area contributed by atoms with Crippen LogP contribution in [0.5, 0.6) is 0 Å². The molecule has 3 heteroatoms. The lowest BCUT2D eigenvalue weighted by Gasteiger charge is -2.11. The standard InChI is InChI=1S/C10H11BrCl2/c1-6(2)8-4-10(13)7(5-12)3-9(8)11/h3-4,6H,5H2,1-2H3. The second kappa shape index (κ2) is 4.68. The Morgan fingerprint density at radius 2 is 2.00 bits per heavy atom. The second-order valence-electron chi connectivity index (χ2n) is 3.25. The van der Waals surface area contributed by atoms with Crippen molar-refractivity contribution in [2.75, 3.05) is 0 Å². The summed E-state index contributed by atoms with van der Waals surface area (Å²) in [5.41, 5.74) is 2.19. The molecule has 0 heterocycles.